The van der Waals surface area contributed by atoms with Crippen LogP contribution >= 0.6 is 0 Å². The number of rotatable bonds is 7. The smallest absolute Gasteiger partial charge is 0.319 e. The van der Waals surface area contributed by atoms with Crippen molar-refractivity contribution in [3.05, 3.63) is 30.3 Å². The number of carbonyl (C=O) groups is 2. The first kappa shape index (κ1) is 18.3. The van der Waals surface area contributed by atoms with E-state index in [1.165, 1.54) is 0 Å². The van der Waals surface area contributed by atoms with Crippen LogP contribution in [0.3, 0.4) is 0 Å². The van der Waals surface area contributed by atoms with Gasteiger partial charge in [0.2, 0.25) is 5.91 Å². The monoisotopic (exact) mass is 332 g/mol. The van der Waals surface area contributed by atoms with Crippen LogP contribution < -0.4 is 16.0 Å². The average molecular weight is 332 g/mol. The molecule has 3 N–H and O–H groups in total. The molecule has 0 radical (unpaired) electrons. The number of piperidine rings is 1. The van der Waals surface area contributed by atoms with Crippen molar-refractivity contribution in [2.75, 3.05) is 32.0 Å². The fraction of sp³-hybridized carbons (Fsp3) is 0.556. The Labute approximate surface area is 144 Å². The number of carbonyl (C=O) groups excluding carboxylic acids is 2. The molecule has 0 bridgehead atoms. The van der Waals surface area contributed by atoms with E-state index in [0.29, 0.717) is 13.0 Å². The molecule has 1 heterocycles. The predicted molar refractivity (Wildman–Crippen MR) is 96.0 cm³/mol. The van der Waals surface area contributed by atoms with E-state index in [1.807, 2.05) is 42.3 Å². The van der Waals surface area contributed by atoms with Crippen molar-refractivity contribution in [1.82, 2.24) is 15.5 Å². The lowest BCUT2D eigenvalue weighted by molar-refractivity contribution is -0.134. The Kier molecular flexibility index (Phi) is 7.55. The summed E-state index contributed by atoms with van der Waals surface area (Å²) in [6, 6.07) is 9.22. The third kappa shape index (κ3) is 5.85. The summed E-state index contributed by atoms with van der Waals surface area (Å²) in [5.41, 5.74) is 0.763. The second-order valence-electron chi connectivity index (χ2n) is 6.14. The number of nitrogens with zero attached hydrogens (tertiary/aromatic N) is 1. The number of hydrogen-bond donors (Lipinski definition) is 3. The summed E-state index contributed by atoms with van der Waals surface area (Å²) in [6.07, 6.45) is 4.51. The second kappa shape index (κ2) is 9.93. The highest BCUT2D eigenvalue weighted by Crippen LogP contribution is 2.18. The lowest BCUT2D eigenvalue weighted by atomic mass is 10.0. The van der Waals surface area contributed by atoms with Crippen LogP contribution in [-0.2, 0) is 4.79 Å². The maximum absolute atomic E-state index is 12.4. The molecule has 1 aromatic rings. The quantitative estimate of drug-likeness (QED) is 0.670. The van der Waals surface area contributed by atoms with Gasteiger partial charge in [-0.25, -0.2) is 4.79 Å². The van der Waals surface area contributed by atoms with Gasteiger partial charge in [0.05, 0.1) is 0 Å². The molecule has 6 nitrogen and oxygen atoms in total. The minimum Gasteiger partial charge on any atom is -0.338 e. The summed E-state index contributed by atoms with van der Waals surface area (Å²) in [6.45, 7) is 2.14. The Balaban J connectivity index is 1.80. The molecule has 132 valence electrons. The first-order chi connectivity index (χ1) is 11.7. The number of urea groups is 1. The Morgan fingerprint density at radius 3 is 2.75 bits per heavy atom. The first-order valence-electron chi connectivity index (χ1n) is 8.74. The van der Waals surface area contributed by atoms with Crippen LogP contribution in [-0.4, -0.2) is 49.6 Å². The molecule has 1 unspecified atom stereocenters. The number of anilines is 1. The van der Waals surface area contributed by atoms with E-state index in [1.54, 1.807) is 0 Å². The van der Waals surface area contributed by atoms with Crippen LogP contribution in [0, 0.1) is 0 Å². The van der Waals surface area contributed by atoms with E-state index in [9.17, 15) is 9.59 Å². The lowest BCUT2D eigenvalue weighted by Gasteiger charge is -2.36. The molecule has 24 heavy (non-hydrogen) atoms. The van der Waals surface area contributed by atoms with Crippen LogP contribution in [0.4, 0.5) is 10.5 Å². The van der Waals surface area contributed by atoms with Gasteiger partial charge in [-0.2, -0.15) is 0 Å². The molecular weight excluding hydrogens is 304 g/mol. The number of para-hydroxylation sites is 1. The molecular formula is C18H28N4O2. The molecule has 2 rings (SSSR count). The van der Waals surface area contributed by atoms with E-state index >= 15 is 0 Å². The maximum Gasteiger partial charge on any atom is 0.319 e. The Morgan fingerprint density at radius 2 is 2.00 bits per heavy atom. The molecule has 0 aromatic heterocycles. The van der Waals surface area contributed by atoms with Crippen molar-refractivity contribution < 1.29 is 9.59 Å². The molecule has 1 atom stereocenters. The van der Waals surface area contributed by atoms with Gasteiger partial charge in [0.15, 0.2) is 0 Å². The summed E-state index contributed by atoms with van der Waals surface area (Å²) in [7, 11) is 1.89. The third-order valence-electron chi connectivity index (χ3n) is 4.29. The number of likely N-dealkylation sites (tertiary alicyclic amines) is 1. The molecule has 1 aromatic carbocycles. The minimum absolute atomic E-state index is 0.0994. The number of hydrogen-bond acceptors (Lipinski definition) is 3. The van der Waals surface area contributed by atoms with E-state index in [0.717, 1.165) is 44.5 Å². The summed E-state index contributed by atoms with van der Waals surface area (Å²) < 4.78 is 0. The van der Waals surface area contributed by atoms with Crippen LogP contribution in [0.5, 0.6) is 0 Å². The van der Waals surface area contributed by atoms with Crippen molar-refractivity contribution >= 4 is 17.6 Å². The molecule has 1 saturated heterocycles. The Hall–Kier alpha value is -2.08. The number of amides is 3. The highest BCUT2D eigenvalue weighted by Gasteiger charge is 2.26. The third-order valence-corrected chi connectivity index (χ3v) is 4.29. The zero-order valence-electron chi connectivity index (χ0n) is 14.4. The predicted octanol–water partition coefficient (Wildman–Crippen LogP) is 2.19. The molecule has 0 saturated carbocycles. The molecule has 1 fully saturated rings. The van der Waals surface area contributed by atoms with Gasteiger partial charge in [-0.05, 0) is 51.4 Å². The first-order valence-corrected chi connectivity index (χ1v) is 8.74. The van der Waals surface area contributed by atoms with Gasteiger partial charge in [-0.3, -0.25) is 4.79 Å². The van der Waals surface area contributed by atoms with E-state index in [2.05, 4.69) is 16.0 Å². The minimum atomic E-state index is -0.227. The highest BCUT2D eigenvalue weighted by molar-refractivity contribution is 5.89. The van der Waals surface area contributed by atoms with Crippen molar-refractivity contribution in [2.45, 2.75) is 38.1 Å². The van der Waals surface area contributed by atoms with Gasteiger partial charge in [-0.1, -0.05) is 18.2 Å². The summed E-state index contributed by atoms with van der Waals surface area (Å²) in [5.74, 6) is 0.195. The summed E-state index contributed by atoms with van der Waals surface area (Å²) in [5, 5.41) is 8.77. The topological polar surface area (TPSA) is 73.5 Å². The normalized spacial score (nSPS) is 17.4. The van der Waals surface area contributed by atoms with Crippen molar-refractivity contribution in [3.8, 4) is 0 Å². The molecule has 1 aliphatic rings. The molecule has 1 aliphatic heterocycles. The fourth-order valence-corrected chi connectivity index (χ4v) is 3.01. The molecule has 0 spiro atoms. The molecule has 0 aliphatic carbocycles. The van der Waals surface area contributed by atoms with E-state index < -0.39 is 0 Å². The average Bonchev–Trinajstić information content (AvgIpc) is 2.61. The van der Waals surface area contributed by atoms with Gasteiger partial charge in [0, 0.05) is 31.2 Å². The summed E-state index contributed by atoms with van der Waals surface area (Å²) >= 11 is 0. The zero-order chi connectivity index (χ0) is 17.2. The number of benzene rings is 1. The van der Waals surface area contributed by atoms with Crippen LogP contribution in [0.1, 0.15) is 32.1 Å². The van der Waals surface area contributed by atoms with Crippen molar-refractivity contribution in [3.63, 3.8) is 0 Å². The highest BCUT2D eigenvalue weighted by atomic mass is 16.2. The molecule has 3 amide bonds. The van der Waals surface area contributed by atoms with Crippen molar-refractivity contribution in [1.29, 1.82) is 0 Å². The standard InChI is InChI=1S/C18H28N4O2/c1-19-12-7-11-17(23)22-13-6-5-10-16(22)14-20-18(24)21-15-8-3-2-4-9-15/h2-4,8-9,16,19H,5-7,10-14H2,1H3,(H2,20,21,24). The lowest BCUT2D eigenvalue weighted by Crippen LogP contribution is -2.50. The summed E-state index contributed by atoms with van der Waals surface area (Å²) in [4.78, 5) is 26.3. The van der Waals surface area contributed by atoms with Crippen LogP contribution in [0.25, 0.3) is 0 Å². The van der Waals surface area contributed by atoms with Gasteiger partial charge < -0.3 is 20.9 Å². The Bertz CT molecular complexity index is 521. The van der Waals surface area contributed by atoms with Gasteiger partial charge >= 0.3 is 6.03 Å². The van der Waals surface area contributed by atoms with Crippen LogP contribution in [0.15, 0.2) is 30.3 Å². The van der Waals surface area contributed by atoms with Gasteiger partial charge in [0.1, 0.15) is 0 Å². The fourth-order valence-electron chi connectivity index (χ4n) is 3.01. The molecule has 6 heteroatoms. The largest absolute Gasteiger partial charge is 0.338 e. The Morgan fingerprint density at radius 1 is 1.21 bits per heavy atom. The SMILES string of the molecule is CNCCCC(=O)N1CCCCC1CNC(=O)Nc1ccccc1. The van der Waals surface area contributed by atoms with E-state index in [4.69, 9.17) is 0 Å². The number of nitrogens with one attached hydrogen (secondary N) is 3. The van der Waals surface area contributed by atoms with Crippen molar-refractivity contribution in [2.24, 2.45) is 0 Å². The van der Waals surface area contributed by atoms with Crippen LogP contribution in [0.2, 0.25) is 0 Å². The maximum atomic E-state index is 12.4. The van der Waals surface area contributed by atoms with E-state index in [-0.39, 0.29) is 18.0 Å². The second-order valence-corrected chi connectivity index (χ2v) is 6.14. The van der Waals surface area contributed by atoms with Gasteiger partial charge in [-0.15, -0.1) is 0 Å². The zero-order valence-corrected chi connectivity index (χ0v) is 14.4. The van der Waals surface area contributed by atoms with Gasteiger partial charge in [0.25, 0.3) is 0 Å².